The Balaban J connectivity index is 1.83. The summed E-state index contributed by atoms with van der Waals surface area (Å²) in [7, 11) is 1.82. The highest BCUT2D eigenvalue weighted by molar-refractivity contribution is 7.11. The van der Waals surface area contributed by atoms with Crippen LogP contribution in [0.25, 0.3) is 0 Å². The molecular weight excluding hydrogens is 232 g/mol. The molecule has 17 heavy (non-hydrogen) atoms. The second-order valence-electron chi connectivity index (χ2n) is 4.62. The summed E-state index contributed by atoms with van der Waals surface area (Å²) >= 11 is 1.82. The zero-order chi connectivity index (χ0) is 12.1. The third kappa shape index (κ3) is 3.50. The van der Waals surface area contributed by atoms with Gasteiger partial charge in [-0.15, -0.1) is 11.3 Å². The molecule has 1 aliphatic rings. The van der Waals surface area contributed by atoms with Gasteiger partial charge < -0.3 is 10.1 Å². The molecule has 3 nitrogen and oxygen atoms in total. The topological polar surface area (TPSA) is 34.2 Å². The lowest BCUT2D eigenvalue weighted by Gasteiger charge is -2.30. The standard InChI is InChI=1S/C13H22N2OS/c1-3-10-8-15-13(17-10)9-14-11-6-4-5-7-12(11)16-2/h8,11-12,14H,3-7,9H2,1-2H3. The number of ether oxygens (including phenoxy) is 1. The van der Waals surface area contributed by atoms with Gasteiger partial charge in [0.15, 0.2) is 0 Å². The van der Waals surface area contributed by atoms with Crippen molar-refractivity contribution in [1.82, 2.24) is 10.3 Å². The number of hydrogen-bond acceptors (Lipinski definition) is 4. The smallest absolute Gasteiger partial charge is 0.107 e. The van der Waals surface area contributed by atoms with Crippen molar-refractivity contribution in [3.05, 3.63) is 16.1 Å². The van der Waals surface area contributed by atoms with E-state index in [0.29, 0.717) is 12.1 Å². The van der Waals surface area contributed by atoms with Crippen LogP contribution in [-0.4, -0.2) is 24.2 Å². The van der Waals surface area contributed by atoms with Gasteiger partial charge in [-0.05, 0) is 19.3 Å². The number of thiazole rings is 1. The molecule has 4 heteroatoms. The number of nitrogens with zero attached hydrogens (tertiary/aromatic N) is 1. The summed E-state index contributed by atoms with van der Waals surface area (Å²) in [6, 6.07) is 0.503. The highest BCUT2D eigenvalue weighted by Gasteiger charge is 2.24. The van der Waals surface area contributed by atoms with Crippen molar-refractivity contribution in [2.75, 3.05) is 7.11 Å². The van der Waals surface area contributed by atoms with Crippen LogP contribution in [0.15, 0.2) is 6.20 Å². The first kappa shape index (κ1) is 13.0. The normalized spacial score (nSPS) is 25.1. The van der Waals surface area contributed by atoms with E-state index in [1.54, 1.807) is 0 Å². The third-order valence-electron chi connectivity index (χ3n) is 3.47. The molecule has 1 aromatic heterocycles. The van der Waals surface area contributed by atoms with Crippen LogP contribution in [0.4, 0.5) is 0 Å². The van der Waals surface area contributed by atoms with Crippen LogP contribution in [0.1, 0.15) is 42.5 Å². The molecule has 0 aliphatic heterocycles. The van der Waals surface area contributed by atoms with Gasteiger partial charge in [0, 0.05) is 30.8 Å². The minimum absolute atomic E-state index is 0.384. The number of methoxy groups -OCH3 is 1. The van der Waals surface area contributed by atoms with E-state index in [0.717, 1.165) is 13.0 Å². The third-order valence-corrected chi connectivity index (χ3v) is 4.61. The molecule has 0 aromatic carbocycles. The maximum Gasteiger partial charge on any atom is 0.107 e. The Hall–Kier alpha value is -0.450. The van der Waals surface area contributed by atoms with Crippen molar-refractivity contribution in [3.8, 4) is 0 Å². The van der Waals surface area contributed by atoms with E-state index in [4.69, 9.17) is 4.74 Å². The molecule has 1 saturated carbocycles. The molecule has 0 radical (unpaired) electrons. The summed E-state index contributed by atoms with van der Waals surface area (Å²) < 4.78 is 5.54. The van der Waals surface area contributed by atoms with Gasteiger partial charge in [-0.3, -0.25) is 0 Å². The molecule has 0 amide bonds. The molecule has 0 spiro atoms. The van der Waals surface area contributed by atoms with Crippen LogP contribution in [-0.2, 0) is 17.7 Å². The maximum absolute atomic E-state index is 5.54. The quantitative estimate of drug-likeness (QED) is 0.877. The van der Waals surface area contributed by atoms with E-state index in [-0.39, 0.29) is 0 Å². The Morgan fingerprint density at radius 3 is 3.00 bits per heavy atom. The number of nitrogens with one attached hydrogen (secondary N) is 1. The highest BCUT2D eigenvalue weighted by atomic mass is 32.1. The summed E-state index contributed by atoms with van der Waals surface area (Å²) in [5.74, 6) is 0. The van der Waals surface area contributed by atoms with Gasteiger partial charge >= 0.3 is 0 Å². The van der Waals surface area contributed by atoms with Crippen LogP contribution in [0, 0.1) is 0 Å². The lowest BCUT2D eigenvalue weighted by molar-refractivity contribution is 0.0413. The van der Waals surface area contributed by atoms with E-state index in [2.05, 4.69) is 17.2 Å². The molecule has 1 aliphatic carbocycles. The lowest BCUT2D eigenvalue weighted by Crippen LogP contribution is -2.42. The zero-order valence-electron chi connectivity index (χ0n) is 10.7. The Morgan fingerprint density at radius 1 is 1.47 bits per heavy atom. The Labute approximate surface area is 108 Å². The Kier molecular flexibility index (Phi) is 4.95. The first-order chi connectivity index (χ1) is 8.33. The zero-order valence-corrected chi connectivity index (χ0v) is 11.6. The predicted molar refractivity (Wildman–Crippen MR) is 71.4 cm³/mol. The molecule has 2 rings (SSSR count). The van der Waals surface area contributed by atoms with Crippen molar-refractivity contribution < 1.29 is 4.74 Å². The predicted octanol–water partition coefficient (Wildman–Crippen LogP) is 2.75. The van der Waals surface area contributed by atoms with E-state index in [1.807, 2.05) is 24.6 Å². The first-order valence-electron chi connectivity index (χ1n) is 6.53. The molecule has 2 atom stereocenters. The van der Waals surface area contributed by atoms with Gasteiger partial charge in [0.2, 0.25) is 0 Å². The summed E-state index contributed by atoms with van der Waals surface area (Å²) in [5, 5.41) is 4.80. The molecule has 96 valence electrons. The molecule has 0 saturated heterocycles. The number of rotatable bonds is 5. The van der Waals surface area contributed by atoms with Crippen molar-refractivity contribution in [3.63, 3.8) is 0 Å². The van der Waals surface area contributed by atoms with Crippen LogP contribution >= 0.6 is 11.3 Å². The van der Waals surface area contributed by atoms with Crippen molar-refractivity contribution in [2.24, 2.45) is 0 Å². The van der Waals surface area contributed by atoms with Gasteiger partial charge in [0.05, 0.1) is 6.10 Å². The SMILES string of the molecule is CCc1cnc(CNC2CCCCC2OC)s1. The van der Waals surface area contributed by atoms with Gasteiger partial charge in [-0.2, -0.15) is 0 Å². The van der Waals surface area contributed by atoms with Crippen LogP contribution in [0.2, 0.25) is 0 Å². The van der Waals surface area contributed by atoms with E-state index < -0.39 is 0 Å². The van der Waals surface area contributed by atoms with Crippen LogP contribution < -0.4 is 5.32 Å². The van der Waals surface area contributed by atoms with Crippen molar-refractivity contribution in [1.29, 1.82) is 0 Å². The van der Waals surface area contributed by atoms with Gasteiger partial charge in [-0.1, -0.05) is 19.8 Å². The molecule has 2 unspecified atom stereocenters. The van der Waals surface area contributed by atoms with Gasteiger partial charge in [0.25, 0.3) is 0 Å². The molecule has 1 N–H and O–H groups in total. The number of aryl methyl sites for hydroxylation is 1. The number of hydrogen-bond donors (Lipinski definition) is 1. The lowest BCUT2D eigenvalue weighted by atomic mass is 9.92. The minimum atomic E-state index is 0.384. The molecule has 1 aromatic rings. The Morgan fingerprint density at radius 2 is 2.29 bits per heavy atom. The minimum Gasteiger partial charge on any atom is -0.380 e. The fraction of sp³-hybridized carbons (Fsp3) is 0.769. The molecule has 1 fully saturated rings. The molecule has 0 bridgehead atoms. The fourth-order valence-corrected chi connectivity index (χ4v) is 3.24. The summed E-state index contributed by atoms with van der Waals surface area (Å²) in [6.07, 6.45) is 8.49. The number of aromatic nitrogens is 1. The molecule has 1 heterocycles. The van der Waals surface area contributed by atoms with Gasteiger partial charge in [-0.25, -0.2) is 4.98 Å². The van der Waals surface area contributed by atoms with E-state index in [1.165, 1.54) is 35.6 Å². The summed E-state index contributed by atoms with van der Waals surface area (Å²) in [5.41, 5.74) is 0. The van der Waals surface area contributed by atoms with E-state index >= 15 is 0 Å². The molecular formula is C13H22N2OS. The van der Waals surface area contributed by atoms with Crippen LogP contribution in [0.3, 0.4) is 0 Å². The largest absolute Gasteiger partial charge is 0.380 e. The highest BCUT2D eigenvalue weighted by Crippen LogP contribution is 2.21. The fourth-order valence-electron chi connectivity index (χ4n) is 2.42. The maximum atomic E-state index is 5.54. The monoisotopic (exact) mass is 254 g/mol. The summed E-state index contributed by atoms with van der Waals surface area (Å²) in [6.45, 7) is 3.06. The second-order valence-corrected chi connectivity index (χ2v) is 5.82. The Bertz CT molecular complexity index is 340. The van der Waals surface area contributed by atoms with Crippen molar-refractivity contribution >= 4 is 11.3 Å². The summed E-state index contributed by atoms with van der Waals surface area (Å²) in [4.78, 5) is 5.81. The average Bonchev–Trinajstić information content (AvgIpc) is 2.84. The van der Waals surface area contributed by atoms with Crippen molar-refractivity contribution in [2.45, 2.75) is 57.7 Å². The second kappa shape index (κ2) is 6.47. The first-order valence-corrected chi connectivity index (χ1v) is 7.35. The van der Waals surface area contributed by atoms with Crippen LogP contribution in [0.5, 0.6) is 0 Å². The van der Waals surface area contributed by atoms with Gasteiger partial charge in [0.1, 0.15) is 5.01 Å². The average molecular weight is 254 g/mol. The van der Waals surface area contributed by atoms with E-state index in [9.17, 15) is 0 Å².